The first-order valence-corrected chi connectivity index (χ1v) is 14.8. The van der Waals surface area contributed by atoms with Gasteiger partial charge in [0.25, 0.3) is 0 Å². The van der Waals surface area contributed by atoms with E-state index in [9.17, 15) is 22.4 Å². The molecule has 2 nitrogen and oxygen atoms in total. The second-order valence-corrected chi connectivity index (χ2v) is 11.3. The molecule has 5 rings (SSSR count). The maximum atomic E-state index is 13.9. The van der Waals surface area contributed by atoms with E-state index >= 15 is 0 Å². The average molecular weight is 611 g/mol. The molecule has 1 aliphatic rings. The summed E-state index contributed by atoms with van der Waals surface area (Å²) in [5.41, 5.74) is 3.59. The van der Waals surface area contributed by atoms with Gasteiger partial charge in [-0.15, -0.1) is 0 Å². The van der Waals surface area contributed by atoms with Gasteiger partial charge in [-0.05, 0) is 92.1 Å². The monoisotopic (exact) mass is 610 g/mol. The van der Waals surface area contributed by atoms with E-state index in [0.29, 0.717) is 6.29 Å². The molecule has 0 atom stereocenters. The number of hydrogen-bond donors (Lipinski definition) is 0. The lowest BCUT2D eigenvalue weighted by Crippen LogP contribution is -2.14. The number of carbonyl (C=O) groups is 1. The van der Waals surface area contributed by atoms with E-state index in [1.165, 1.54) is 62.6 Å². The Morgan fingerprint density at radius 1 is 0.689 bits per heavy atom. The van der Waals surface area contributed by atoms with Gasteiger partial charge in [-0.1, -0.05) is 73.3 Å². The zero-order valence-corrected chi connectivity index (χ0v) is 25.5. The first kappa shape index (κ1) is 33.1. The summed E-state index contributed by atoms with van der Waals surface area (Å²) in [5, 5.41) is 0. The second-order valence-electron chi connectivity index (χ2n) is 11.3. The molecule has 0 bridgehead atoms. The van der Waals surface area contributed by atoms with Gasteiger partial charge in [0, 0.05) is 11.1 Å². The van der Waals surface area contributed by atoms with Gasteiger partial charge in [0.1, 0.15) is 0 Å². The van der Waals surface area contributed by atoms with Crippen molar-refractivity contribution < 1.29 is 27.1 Å². The molecule has 1 aliphatic carbocycles. The van der Waals surface area contributed by atoms with E-state index in [1.54, 1.807) is 0 Å². The van der Waals surface area contributed by atoms with Crippen molar-refractivity contribution in [2.24, 2.45) is 11.8 Å². The van der Waals surface area contributed by atoms with Gasteiger partial charge in [0.05, 0.1) is 23.8 Å². The minimum absolute atomic E-state index is 0.0128. The van der Waals surface area contributed by atoms with Crippen molar-refractivity contribution in [3.05, 3.63) is 135 Å². The second kappa shape index (κ2) is 15.8. The molecule has 4 aromatic carbocycles. The summed E-state index contributed by atoms with van der Waals surface area (Å²) in [6, 6.07) is 20.8. The molecule has 0 radical (unpaired) electrons. The Morgan fingerprint density at radius 2 is 1.22 bits per heavy atom. The van der Waals surface area contributed by atoms with Crippen LogP contribution in [0.15, 0.2) is 72.8 Å². The van der Waals surface area contributed by atoms with Gasteiger partial charge in [-0.3, -0.25) is 4.79 Å². The van der Waals surface area contributed by atoms with Gasteiger partial charge < -0.3 is 4.74 Å². The summed E-state index contributed by atoms with van der Waals surface area (Å²) in [5.74, 6) is 8.18. The number of halogens is 4. The number of rotatable bonds is 4. The van der Waals surface area contributed by atoms with Crippen LogP contribution in [0.2, 0.25) is 0 Å². The van der Waals surface area contributed by atoms with Crippen molar-refractivity contribution in [3.8, 4) is 29.4 Å². The van der Waals surface area contributed by atoms with Crippen LogP contribution in [0, 0.1) is 65.7 Å². The maximum Gasteiger partial charge on any atom is 0.201 e. The number of methoxy groups -OCH3 is 1. The molecule has 0 heterocycles. The van der Waals surface area contributed by atoms with Crippen LogP contribution < -0.4 is 4.74 Å². The Labute approximate surface area is 262 Å². The van der Waals surface area contributed by atoms with Gasteiger partial charge in [-0.2, -0.15) is 4.39 Å². The Hall–Kier alpha value is -4.81. The zero-order chi connectivity index (χ0) is 32.3. The number of carbonyl (C=O) groups excluding carboxylic acids is 1. The molecule has 0 aromatic heterocycles. The Morgan fingerprint density at radius 3 is 1.78 bits per heavy atom. The van der Waals surface area contributed by atoms with Gasteiger partial charge >= 0.3 is 0 Å². The molecule has 45 heavy (non-hydrogen) atoms. The van der Waals surface area contributed by atoms with Gasteiger partial charge in [0.15, 0.2) is 29.5 Å². The van der Waals surface area contributed by atoms with E-state index in [0.717, 1.165) is 34.9 Å². The van der Waals surface area contributed by atoms with Crippen LogP contribution in [-0.4, -0.2) is 13.4 Å². The summed E-state index contributed by atoms with van der Waals surface area (Å²) in [7, 11) is 1.29. The molecular weight excluding hydrogens is 576 g/mol. The normalized spacial score (nSPS) is 15.4. The average Bonchev–Trinajstić information content (AvgIpc) is 3.05. The van der Waals surface area contributed by atoms with Crippen LogP contribution in [0.4, 0.5) is 17.6 Å². The lowest BCUT2D eigenvalue weighted by atomic mass is 9.80. The molecule has 0 N–H and O–H groups in total. The highest BCUT2D eigenvalue weighted by atomic mass is 19.2. The van der Waals surface area contributed by atoms with Crippen LogP contribution >= 0.6 is 0 Å². The molecule has 1 fully saturated rings. The minimum Gasteiger partial charge on any atom is -0.494 e. The maximum absolute atomic E-state index is 13.9. The SMILES string of the molecule is CC1CCC(Cc2ccc(C#Cc3ccc(C=O)c(F)c3F)cc2)CC1.COc1ccc(C#Cc2ccc(C)cc2)c(F)c1F. The first-order chi connectivity index (χ1) is 21.7. The molecule has 0 saturated heterocycles. The molecule has 230 valence electrons. The fourth-order valence-corrected chi connectivity index (χ4v) is 5.04. The van der Waals surface area contributed by atoms with Crippen molar-refractivity contribution in [3.63, 3.8) is 0 Å². The van der Waals surface area contributed by atoms with Crippen molar-refractivity contribution >= 4 is 6.29 Å². The van der Waals surface area contributed by atoms with Crippen molar-refractivity contribution in [2.75, 3.05) is 7.11 Å². The highest BCUT2D eigenvalue weighted by Crippen LogP contribution is 2.30. The zero-order valence-electron chi connectivity index (χ0n) is 25.5. The molecule has 0 aliphatic heterocycles. The summed E-state index contributed by atoms with van der Waals surface area (Å²) < 4.78 is 59.3. The quantitative estimate of drug-likeness (QED) is 0.131. The van der Waals surface area contributed by atoms with Crippen LogP contribution in [0.25, 0.3) is 0 Å². The number of aryl methyl sites for hydroxylation is 1. The van der Waals surface area contributed by atoms with Crippen LogP contribution in [0.1, 0.15) is 76.3 Å². The number of aldehydes is 1. The van der Waals surface area contributed by atoms with E-state index in [2.05, 4.69) is 42.7 Å². The first-order valence-electron chi connectivity index (χ1n) is 14.8. The summed E-state index contributed by atoms with van der Waals surface area (Å²) in [4.78, 5) is 10.6. The third-order valence-corrected chi connectivity index (χ3v) is 7.85. The topological polar surface area (TPSA) is 26.3 Å². The highest BCUT2D eigenvalue weighted by molar-refractivity contribution is 5.75. The summed E-state index contributed by atoms with van der Waals surface area (Å²) in [6.07, 6.45) is 6.61. The summed E-state index contributed by atoms with van der Waals surface area (Å²) >= 11 is 0. The standard InChI is InChI=1S/C23H22F2O.C16H12F2O/c1-16-2-4-18(5-3-16)14-19-8-6-17(7-9-19)10-11-20-12-13-21(15-26)23(25)22(20)24;1-11-3-5-12(6-4-11)7-8-13-9-10-14(19-2)16(18)15(13)17/h6-9,12-13,15-16,18H,2-5,14H2,1H3;3-6,9-10H,1-2H3. The van der Waals surface area contributed by atoms with Crippen LogP contribution in [0.5, 0.6) is 5.75 Å². The van der Waals surface area contributed by atoms with Crippen molar-refractivity contribution in [2.45, 2.75) is 46.0 Å². The number of benzene rings is 4. The molecule has 6 heteroatoms. The predicted molar refractivity (Wildman–Crippen MR) is 169 cm³/mol. The van der Waals surface area contributed by atoms with Crippen LogP contribution in [-0.2, 0) is 6.42 Å². The number of hydrogen-bond acceptors (Lipinski definition) is 2. The highest BCUT2D eigenvalue weighted by Gasteiger charge is 2.18. The molecule has 0 unspecified atom stereocenters. The lowest BCUT2D eigenvalue weighted by Gasteiger charge is -2.26. The Bertz CT molecular complexity index is 1750. The number of ether oxygens (including phenoxy) is 1. The fourth-order valence-electron chi connectivity index (χ4n) is 5.04. The molecule has 0 amide bonds. The largest absolute Gasteiger partial charge is 0.494 e. The Kier molecular flexibility index (Phi) is 11.6. The van der Waals surface area contributed by atoms with Crippen LogP contribution in [0.3, 0.4) is 0 Å². The van der Waals surface area contributed by atoms with E-state index in [1.807, 2.05) is 43.3 Å². The van der Waals surface area contributed by atoms with Gasteiger partial charge in [0.2, 0.25) is 5.82 Å². The third kappa shape index (κ3) is 9.10. The predicted octanol–water partition coefficient (Wildman–Crippen LogP) is 9.23. The molecule has 0 spiro atoms. The van der Waals surface area contributed by atoms with Crippen molar-refractivity contribution in [1.82, 2.24) is 0 Å². The lowest BCUT2D eigenvalue weighted by molar-refractivity contribution is 0.111. The van der Waals surface area contributed by atoms with E-state index < -0.39 is 23.3 Å². The van der Waals surface area contributed by atoms with Crippen molar-refractivity contribution in [1.29, 1.82) is 0 Å². The molecule has 1 saturated carbocycles. The Balaban J connectivity index is 0.000000215. The summed E-state index contributed by atoms with van der Waals surface area (Å²) in [6.45, 7) is 4.29. The van der Waals surface area contributed by atoms with E-state index in [-0.39, 0.29) is 22.4 Å². The smallest absolute Gasteiger partial charge is 0.201 e. The molecular formula is C39H34F4O2. The van der Waals surface area contributed by atoms with Gasteiger partial charge in [-0.25, -0.2) is 13.2 Å². The fraction of sp³-hybridized carbons (Fsp3) is 0.256. The molecule has 4 aromatic rings. The minimum atomic E-state index is -1.15. The third-order valence-electron chi connectivity index (χ3n) is 7.85. The van der Waals surface area contributed by atoms with E-state index in [4.69, 9.17) is 4.74 Å².